The summed E-state index contributed by atoms with van der Waals surface area (Å²) in [6.45, 7) is 5.34. The molecule has 1 aromatic rings. The molecule has 2 aliphatic rings. The predicted molar refractivity (Wildman–Crippen MR) is 91.9 cm³/mol. The molecular weight excluding hydrogens is 322 g/mol. The predicted octanol–water partition coefficient (Wildman–Crippen LogP) is -0.302. The first-order valence-electron chi connectivity index (χ1n) is 8.57. The summed E-state index contributed by atoms with van der Waals surface area (Å²) in [7, 11) is 0. The number of hydrogen-bond acceptors (Lipinski definition) is 5. The second kappa shape index (κ2) is 7.08. The van der Waals surface area contributed by atoms with Gasteiger partial charge in [-0.3, -0.25) is 14.4 Å². The van der Waals surface area contributed by atoms with Crippen LogP contribution in [0.4, 0.5) is 5.82 Å². The summed E-state index contributed by atoms with van der Waals surface area (Å²) < 4.78 is 0. The summed E-state index contributed by atoms with van der Waals surface area (Å²) in [6, 6.07) is 3.34. The van der Waals surface area contributed by atoms with Crippen molar-refractivity contribution in [3.8, 4) is 0 Å². The molecule has 3 rings (SSSR count). The molecule has 1 aromatic heterocycles. The molecule has 0 aromatic carbocycles. The van der Waals surface area contributed by atoms with E-state index in [-0.39, 0.29) is 17.7 Å². The molecule has 2 saturated heterocycles. The van der Waals surface area contributed by atoms with Crippen molar-refractivity contribution >= 4 is 23.5 Å². The first-order valence-corrected chi connectivity index (χ1v) is 8.57. The van der Waals surface area contributed by atoms with E-state index < -0.39 is 5.91 Å². The Bertz CT molecular complexity index is 685. The molecule has 0 radical (unpaired) electrons. The van der Waals surface area contributed by atoms with Crippen LogP contribution < -0.4 is 10.6 Å². The number of aromatic nitrogens is 1. The summed E-state index contributed by atoms with van der Waals surface area (Å²) in [5.41, 5.74) is 5.80. The number of likely N-dealkylation sites (tertiary alicyclic amines) is 1. The van der Waals surface area contributed by atoms with Crippen molar-refractivity contribution in [1.82, 2.24) is 14.8 Å². The molecule has 8 heteroatoms. The van der Waals surface area contributed by atoms with Crippen LogP contribution in [0.3, 0.4) is 0 Å². The molecule has 25 heavy (non-hydrogen) atoms. The third-order valence-corrected chi connectivity index (χ3v) is 4.89. The van der Waals surface area contributed by atoms with Gasteiger partial charge in [0.15, 0.2) is 0 Å². The number of piperazine rings is 1. The van der Waals surface area contributed by atoms with Gasteiger partial charge in [-0.05, 0) is 19.1 Å². The quantitative estimate of drug-likeness (QED) is 0.807. The highest BCUT2D eigenvalue weighted by Gasteiger charge is 2.36. The lowest BCUT2D eigenvalue weighted by atomic mass is 10.1. The molecule has 2 aliphatic heterocycles. The minimum absolute atomic E-state index is 0.0418. The molecule has 2 N–H and O–H groups in total. The number of anilines is 1. The molecule has 3 heterocycles. The van der Waals surface area contributed by atoms with Gasteiger partial charge in [0.1, 0.15) is 5.82 Å². The number of nitrogens with two attached hydrogens (primary N) is 1. The van der Waals surface area contributed by atoms with Gasteiger partial charge < -0.3 is 20.4 Å². The van der Waals surface area contributed by atoms with Gasteiger partial charge in [-0.2, -0.15) is 0 Å². The van der Waals surface area contributed by atoms with Crippen LogP contribution in [0, 0.1) is 5.92 Å². The Labute approximate surface area is 146 Å². The molecule has 3 amide bonds. The van der Waals surface area contributed by atoms with Crippen LogP contribution in [0.25, 0.3) is 0 Å². The van der Waals surface area contributed by atoms with E-state index in [0.717, 1.165) is 0 Å². The summed E-state index contributed by atoms with van der Waals surface area (Å²) in [5, 5.41) is 0. The Kier molecular flexibility index (Phi) is 4.87. The highest BCUT2D eigenvalue weighted by Crippen LogP contribution is 2.22. The van der Waals surface area contributed by atoms with E-state index in [1.54, 1.807) is 28.1 Å². The van der Waals surface area contributed by atoms with Gasteiger partial charge in [-0.1, -0.05) is 0 Å². The lowest BCUT2D eigenvalue weighted by molar-refractivity contribution is -0.136. The SMILES string of the molecule is CCN1C[C@@H](C(=O)N2CCN(c3ncccc3C(N)=O)CC2)CC1=O. The lowest BCUT2D eigenvalue weighted by Crippen LogP contribution is -2.51. The van der Waals surface area contributed by atoms with Crippen molar-refractivity contribution in [2.75, 3.05) is 44.2 Å². The Morgan fingerprint density at radius 3 is 2.60 bits per heavy atom. The van der Waals surface area contributed by atoms with Gasteiger partial charge in [0.25, 0.3) is 5.91 Å². The fourth-order valence-electron chi connectivity index (χ4n) is 3.48. The summed E-state index contributed by atoms with van der Waals surface area (Å²) >= 11 is 0. The number of hydrogen-bond donors (Lipinski definition) is 1. The average Bonchev–Trinajstić information content (AvgIpc) is 3.02. The second-order valence-corrected chi connectivity index (χ2v) is 6.38. The van der Waals surface area contributed by atoms with E-state index in [4.69, 9.17) is 5.73 Å². The molecule has 1 atom stereocenters. The number of rotatable bonds is 4. The van der Waals surface area contributed by atoms with Gasteiger partial charge in [-0.15, -0.1) is 0 Å². The third kappa shape index (κ3) is 3.42. The van der Waals surface area contributed by atoms with Gasteiger partial charge in [0, 0.05) is 51.9 Å². The van der Waals surface area contributed by atoms with Crippen molar-refractivity contribution in [2.24, 2.45) is 11.7 Å². The molecule has 134 valence electrons. The summed E-state index contributed by atoms with van der Waals surface area (Å²) in [6.07, 6.45) is 1.93. The summed E-state index contributed by atoms with van der Waals surface area (Å²) in [5.74, 6) is -0.0877. The summed E-state index contributed by atoms with van der Waals surface area (Å²) in [4.78, 5) is 45.8. The molecule has 0 unspecified atom stereocenters. The Hall–Kier alpha value is -2.64. The number of amides is 3. The van der Waals surface area contributed by atoms with Crippen LogP contribution in [0.2, 0.25) is 0 Å². The van der Waals surface area contributed by atoms with E-state index in [1.165, 1.54) is 0 Å². The Balaban J connectivity index is 1.62. The maximum absolute atomic E-state index is 12.7. The van der Waals surface area contributed by atoms with E-state index in [2.05, 4.69) is 4.98 Å². The third-order valence-electron chi connectivity index (χ3n) is 4.89. The van der Waals surface area contributed by atoms with Gasteiger partial charge in [-0.25, -0.2) is 4.98 Å². The number of carbonyl (C=O) groups excluding carboxylic acids is 3. The minimum atomic E-state index is -0.509. The van der Waals surface area contributed by atoms with E-state index in [1.807, 2.05) is 11.8 Å². The fraction of sp³-hybridized carbons (Fsp3) is 0.529. The van der Waals surface area contributed by atoms with E-state index in [0.29, 0.717) is 57.1 Å². The smallest absolute Gasteiger partial charge is 0.252 e. The molecule has 2 fully saturated rings. The first kappa shape index (κ1) is 17.2. The molecule has 0 bridgehead atoms. The highest BCUT2D eigenvalue weighted by molar-refractivity contribution is 5.97. The number of carbonyl (C=O) groups is 3. The topological polar surface area (TPSA) is 99.8 Å². The molecule has 8 nitrogen and oxygen atoms in total. The zero-order valence-corrected chi connectivity index (χ0v) is 14.4. The maximum atomic E-state index is 12.7. The first-order chi connectivity index (χ1) is 12.0. The zero-order valence-electron chi connectivity index (χ0n) is 14.4. The number of nitrogens with zero attached hydrogens (tertiary/aromatic N) is 4. The van der Waals surface area contributed by atoms with Crippen LogP contribution in [-0.4, -0.2) is 71.8 Å². The van der Waals surface area contributed by atoms with Gasteiger partial charge in [0.2, 0.25) is 11.8 Å². The lowest BCUT2D eigenvalue weighted by Gasteiger charge is -2.37. The fourth-order valence-corrected chi connectivity index (χ4v) is 3.48. The molecule has 0 aliphatic carbocycles. The van der Waals surface area contributed by atoms with Crippen LogP contribution in [0.5, 0.6) is 0 Å². The average molecular weight is 345 g/mol. The molecule has 0 saturated carbocycles. The zero-order chi connectivity index (χ0) is 18.0. The Morgan fingerprint density at radius 1 is 1.28 bits per heavy atom. The second-order valence-electron chi connectivity index (χ2n) is 6.38. The van der Waals surface area contributed by atoms with Crippen molar-refractivity contribution in [1.29, 1.82) is 0 Å². The van der Waals surface area contributed by atoms with E-state index in [9.17, 15) is 14.4 Å². The highest BCUT2D eigenvalue weighted by atomic mass is 16.2. The number of primary amides is 1. The van der Waals surface area contributed by atoms with Crippen LogP contribution in [0.15, 0.2) is 18.3 Å². The molecular formula is C17H23N5O3. The van der Waals surface area contributed by atoms with Crippen molar-refractivity contribution < 1.29 is 14.4 Å². The monoisotopic (exact) mass is 345 g/mol. The minimum Gasteiger partial charge on any atom is -0.365 e. The van der Waals surface area contributed by atoms with Gasteiger partial charge >= 0.3 is 0 Å². The van der Waals surface area contributed by atoms with E-state index >= 15 is 0 Å². The Morgan fingerprint density at radius 2 is 2.00 bits per heavy atom. The normalized spacial score (nSPS) is 20.9. The molecule has 0 spiro atoms. The largest absolute Gasteiger partial charge is 0.365 e. The van der Waals surface area contributed by atoms with Crippen LogP contribution in [-0.2, 0) is 9.59 Å². The number of pyridine rings is 1. The van der Waals surface area contributed by atoms with Crippen LogP contribution >= 0.6 is 0 Å². The maximum Gasteiger partial charge on any atom is 0.252 e. The van der Waals surface area contributed by atoms with Crippen LogP contribution in [0.1, 0.15) is 23.7 Å². The van der Waals surface area contributed by atoms with Crippen molar-refractivity contribution in [3.05, 3.63) is 23.9 Å². The van der Waals surface area contributed by atoms with Crippen molar-refractivity contribution in [3.63, 3.8) is 0 Å². The van der Waals surface area contributed by atoms with Gasteiger partial charge in [0.05, 0.1) is 11.5 Å². The standard InChI is InChI=1S/C17H23N5O3/c1-2-20-11-12(10-14(20)23)17(25)22-8-6-21(7-9-22)16-13(15(18)24)4-3-5-19-16/h3-5,12H,2,6-11H2,1H3,(H2,18,24)/t12-/m0/s1. The van der Waals surface area contributed by atoms with Crippen molar-refractivity contribution in [2.45, 2.75) is 13.3 Å².